The molecule has 3 aromatic carbocycles. The Labute approximate surface area is 254 Å². The number of anilines is 1. The van der Waals surface area contributed by atoms with Gasteiger partial charge in [0, 0.05) is 11.5 Å². The molecule has 44 heavy (non-hydrogen) atoms. The molecule has 2 fully saturated rings. The molecule has 7 rings (SSSR count). The number of aromatic hydroxyl groups is 1. The molecule has 3 heterocycles. The first-order valence-corrected chi connectivity index (χ1v) is 14.4. The number of phenolic OH excluding ortho intramolecular Hbond substituents is 1. The van der Waals surface area contributed by atoms with Crippen molar-refractivity contribution >= 4 is 29.1 Å². The molecule has 3 aliphatic rings. The minimum Gasteiger partial charge on any atom is -0.508 e. The van der Waals surface area contributed by atoms with E-state index in [0.717, 1.165) is 15.5 Å². The predicted octanol–water partition coefficient (Wildman–Crippen LogP) is 4.17. The number of benzene rings is 3. The summed E-state index contributed by atoms with van der Waals surface area (Å²) in [6, 6.07) is 16.0. The quantitative estimate of drug-likeness (QED) is 0.272. The third kappa shape index (κ3) is 3.71. The number of methoxy groups -OCH3 is 1. The lowest BCUT2D eigenvalue weighted by atomic mass is 9.56. The molecule has 4 atom stereocenters. The largest absolute Gasteiger partial charge is 0.508 e. The molecule has 0 unspecified atom stereocenters. The number of carbonyl (C=O) groups is 2. The Kier molecular flexibility index (Phi) is 6.22. The van der Waals surface area contributed by atoms with E-state index < -0.39 is 52.3 Å². The summed E-state index contributed by atoms with van der Waals surface area (Å²) in [4.78, 5) is 57.2. The van der Waals surface area contributed by atoms with Crippen molar-refractivity contribution in [2.24, 2.45) is 11.3 Å². The number of phenols is 1. The van der Waals surface area contributed by atoms with Crippen LogP contribution in [0.15, 0.2) is 88.0 Å². The van der Waals surface area contributed by atoms with Crippen LogP contribution in [0.4, 0.5) is 10.1 Å². The molecule has 1 aliphatic carbocycles. The van der Waals surface area contributed by atoms with Gasteiger partial charge < -0.3 is 9.84 Å². The second-order valence-electron chi connectivity index (χ2n) is 11.4. The number of rotatable bonds is 4. The van der Waals surface area contributed by atoms with Crippen LogP contribution >= 0.6 is 11.6 Å². The molecular formula is C32H26ClFN4O6. The zero-order chi connectivity index (χ0) is 31.1. The summed E-state index contributed by atoms with van der Waals surface area (Å²) >= 11 is 6.04. The number of hydrogen-bond donors (Lipinski definition) is 1. The first-order valence-electron chi connectivity index (χ1n) is 14.0. The van der Waals surface area contributed by atoms with Crippen molar-refractivity contribution in [2.75, 3.05) is 12.0 Å². The van der Waals surface area contributed by atoms with Crippen molar-refractivity contribution in [1.29, 1.82) is 0 Å². The molecule has 10 nitrogen and oxygen atoms in total. The van der Waals surface area contributed by atoms with Crippen molar-refractivity contribution < 1.29 is 23.8 Å². The van der Waals surface area contributed by atoms with Gasteiger partial charge in [-0.25, -0.2) is 32.8 Å². The summed E-state index contributed by atoms with van der Waals surface area (Å²) in [5.41, 5.74) is -1.11. The van der Waals surface area contributed by atoms with Crippen LogP contribution in [0, 0.1) is 17.2 Å². The van der Waals surface area contributed by atoms with E-state index in [9.17, 15) is 28.7 Å². The number of imide groups is 1. The van der Waals surface area contributed by atoms with Gasteiger partial charge in [-0.3, -0.25) is 9.59 Å². The highest BCUT2D eigenvalue weighted by Crippen LogP contribution is 2.62. The summed E-state index contributed by atoms with van der Waals surface area (Å²) in [6.45, 7) is 1.70. The van der Waals surface area contributed by atoms with Crippen molar-refractivity contribution in [2.45, 2.75) is 31.8 Å². The average Bonchev–Trinajstić information content (AvgIpc) is 3.39. The van der Waals surface area contributed by atoms with Gasteiger partial charge in [0.05, 0.1) is 47.4 Å². The Morgan fingerprint density at radius 3 is 2.43 bits per heavy atom. The zero-order valence-corrected chi connectivity index (χ0v) is 24.4. The van der Waals surface area contributed by atoms with Gasteiger partial charge in [-0.2, -0.15) is 0 Å². The van der Waals surface area contributed by atoms with Gasteiger partial charge in [-0.15, -0.1) is 0 Å². The predicted molar refractivity (Wildman–Crippen MR) is 159 cm³/mol. The first kappa shape index (κ1) is 27.9. The molecule has 2 amide bonds. The van der Waals surface area contributed by atoms with Crippen LogP contribution in [0.25, 0.3) is 5.69 Å². The molecule has 1 saturated carbocycles. The SMILES string of the molecule is COc1ccc(O)c([C@H]2C3=CCn4c(=O)n(-c5ccccc5)c(=O)n4[C@@H]3C[C@H]3C(=O)N(c4ccc(F)c(Cl)c4)C(=O)[C@@]23C)c1. The fraction of sp³-hybridized carbons (Fsp3) is 0.250. The number of halogens is 2. The molecule has 1 aromatic heterocycles. The summed E-state index contributed by atoms with van der Waals surface area (Å²) in [6.07, 6.45) is 1.82. The van der Waals surface area contributed by atoms with Crippen molar-refractivity contribution in [3.8, 4) is 17.2 Å². The number of carbonyl (C=O) groups excluding carboxylic acids is 2. The van der Waals surface area contributed by atoms with Gasteiger partial charge in [0.2, 0.25) is 11.8 Å². The minimum atomic E-state index is -1.43. The number of aromatic nitrogens is 3. The number of hydrogen-bond acceptors (Lipinski definition) is 6. The van der Waals surface area contributed by atoms with Gasteiger partial charge >= 0.3 is 11.4 Å². The fourth-order valence-corrected chi connectivity index (χ4v) is 7.35. The number of allylic oxidation sites excluding steroid dienone is 2. The maximum Gasteiger partial charge on any atom is 0.352 e. The van der Waals surface area contributed by atoms with Crippen LogP contribution in [0.1, 0.15) is 30.9 Å². The summed E-state index contributed by atoms with van der Waals surface area (Å²) in [7, 11) is 1.47. The van der Waals surface area contributed by atoms with E-state index >= 15 is 0 Å². The Bertz CT molecular complexity index is 2030. The maximum absolute atomic E-state index is 14.4. The highest BCUT2D eigenvalue weighted by atomic mass is 35.5. The normalized spacial score (nSPS) is 24.0. The van der Waals surface area contributed by atoms with E-state index in [1.54, 1.807) is 55.5 Å². The molecule has 224 valence electrons. The van der Waals surface area contributed by atoms with E-state index in [2.05, 4.69) is 0 Å². The number of ether oxygens (including phenoxy) is 1. The number of para-hydroxylation sites is 1. The third-order valence-electron chi connectivity index (χ3n) is 9.26. The summed E-state index contributed by atoms with van der Waals surface area (Å²) in [5.74, 6) is -3.40. The highest BCUT2D eigenvalue weighted by molar-refractivity contribution is 6.31. The molecule has 12 heteroatoms. The van der Waals surface area contributed by atoms with Crippen LogP contribution in [0.2, 0.25) is 5.02 Å². The third-order valence-corrected chi connectivity index (χ3v) is 9.55. The Morgan fingerprint density at radius 1 is 0.977 bits per heavy atom. The van der Waals surface area contributed by atoms with E-state index in [1.807, 2.05) is 0 Å². The molecule has 2 aliphatic heterocycles. The lowest BCUT2D eigenvalue weighted by Crippen LogP contribution is -2.49. The van der Waals surface area contributed by atoms with Crippen LogP contribution in [0.3, 0.4) is 0 Å². The van der Waals surface area contributed by atoms with Gasteiger partial charge in [-0.05, 0) is 67.4 Å². The zero-order valence-electron chi connectivity index (χ0n) is 23.6. The van der Waals surface area contributed by atoms with Crippen molar-refractivity contribution in [3.05, 3.63) is 116 Å². The monoisotopic (exact) mass is 616 g/mol. The Hall–Kier alpha value is -4.90. The maximum atomic E-state index is 14.4. The van der Waals surface area contributed by atoms with Gasteiger partial charge in [0.15, 0.2) is 0 Å². The highest BCUT2D eigenvalue weighted by Gasteiger charge is 2.65. The minimum absolute atomic E-state index is 0.0255. The van der Waals surface area contributed by atoms with Gasteiger partial charge in [-0.1, -0.05) is 35.9 Å². The fourth-order valence-electron chi connectivity index (χ4n) is 7.18. The molecular weight excluding hydrogens is 591 g/mol. The van der Waals surface area contributed by atoms with E-state index in [1.165, 1.54) is 34.7 Å². The molecule has 0 bridgehead atoms. The average molecular weight is 617 g/mol. The van der Waals surface area contributed by atoms with Crippen LogP contribution < -0.4 is 21.0 Å². The van der Waals surface area contributed by atoms with Gasteiger partial charge in [0.1, 0.15) is 17.3 Å². The van der Waals surface area contributed by atoms with Crippen LogP contribution in [0.5, 0.6) is 11.5 Å². The smallest absolute Gasteiger partial charge is 0.352 e. The second-order valence-corrected chi connectivity index (χ2v) is 11.8. The Morgan fingerprint density at radius 2 is 1.73 bits per heavy atom. The number of amides is 2. The molecule has 0 spiro atoms. The molecule has 1 saturated heterocycles. The standard InChI is InChI=1S/C32H26ClFN4O6/c1-32-22(28(40)36(29(32)41)18-8-10-24(34)23(33)14-18)16-25-20(27(32)21-15-19(44-2)9-11-26(21)39)12-13-35-30(42)37(31(43)38(25)35)17-6-4-3-5-7-17/h3-12,14-15,22,25,27,39H,13,16H2,1-2H3/t22-,25+,27+,32+/m0/s1. The molecule has 1 N–H and O–H groups in total. The topological polar surface area (TPSA) is 116 Å². The Balaban J connectivity index is 1.46. The first-order chi connectivity index (χ1) is 21.1. The molecule has 4 aromatic rings. The lowest BCUT2D eigenvalue weighted by molar-refractivity contribution is -0.129. The summed E-state index contributed by atoms with van der Waals surface area (Å²) < 4.78 is 23.3. The van der Waals surface area contributed by atoms with Crippen molar-refractivity contribution in [1.82, 2.24) is 13.9 Å². The van der Waals surface area contributed by atoms with E-state index in [4.69, 9.17) is 16.3 Å². The van der Waals surface area contributed by atoms with Gasteiger partial charge in [0.25, 0.3) is 0 Å². The summed E-state index contributed by atoms with van der Waals surface area (Å²) in [5, 5.41) is 10.9. The van der Waals surface area contributed by atoms with Crippen molar-refractivity contribution in [3.63, 3.8) is 0 Å². The van der Waals surface area contributed by atoms with Crippen LogP contribution in [-0.4, -0.2) is 38.0 Å². The lowest BCUT2D eigenvalue weighted by Gasteiger charge is -2.47. The van der Waals surface area contributed by atoms with E-state index in [-0.39, 0.29) is 29.4 Å². The number of nitrogens with zero attached hydrogens (tertiary/aromatic N) is 4. The second kappa shape index (κ2) is 9.81. The number of fused-ring (bicyclic) bond motifs is 4. The van der Waals surface area contributed by atoms with E-state index in [0.29, 0.717) is 22.6 Å². The molecule has 0 radical (unpaired) electrons. The van der Waals surface area contributed by atoms with Crippen LogP contribution in [-0.2, 0) is 16.1 Å².